The van der Waals surface area contributed by atoms with Crippen LogP contribution in [0.4, 0.5) is 0 Å². The van der Waals surface area contributed by atoms with E-state index in [4.69, 9.17) is 9.47 Å². The minimum absolute atomic E-state index is 0.538. The van der Waals surface area contributed by atoms with Crippen molar-refractivity contribution >= 4 is 0 Å². The zero-order valence-corrected chi connectivity index (χ0v) is 13.0. The molecule has 3 heteroatoms. The SMILES string of the molecule is CCC1(CNCc2ccc(OC)c(OC)c2)CCCC1. The van der Waals surface area contributed by atoms with Gasteiger partial charge in [0.25, 0.3) is 0 Å². The Morgan fingerprint density at radius 1 is 1.10 bits per heavy atom. The van der Waals surface area contributed by atoms with Crippen LogP contribution in [-0.2, 0) is 6.54 Å². The number of rotatable bonds is 7. The lowest BCUT2D eigenvalue weighted by Crippen LogP contribution is -2.31. The van der Waals surface area contributed by atoms with Gasteiger partial charge in [0.15, 0.2) is 11.5 Å². The molecule has 1 N–H and O–H groups in total. The predicted octanol–water partition coefficient (Wildman–Crippen LogP) is 3.76. The first-order valence-electron chi connectivity index (χ1n) is 7.64. The van der Waals surface area contributed by atoms with Gasteiger partial charge in [-0.3, -0.25) is 0 Å². The first-order chi connectivity index (χ1) is 9.73. The summed E-state index contributed by atoms with van der Waals surface area (Å²) in [5.41, 5.74) is 1.78. The molecule has 2 rings (SSSR count). The standard InChI is InChI=1S/C17H27NO2/c1-4-17(9-5-6-10-17)13-18-12-14-7-8-15(19-2)16(11-14)20-3/h7-8,11,18H,4-6,9-10,12-13H2,1-3H3. The summed E-state index contributed by atoms with van der Waals surface area (Å²) >= 11 is 0. The number of nitrogens with one attached hydrogen (secondary N) is 1. The Bertz CT molecular complexity index is 425. The highest BCUT2D eigenvalue weighted by Gasteiger charge is 2.31. The Morgan fingerprint density at radius 2 is 1.80 bits per heavy atom. The van der Waals surface area contributed by atoms with E-state index < -0.39 is 0 Å². The monoisotopic (exact) mass is 277 g/mol. The fourth-order valence-electron chi connectivity index (χ4n) is 3.24. The van der Waals surface area contributed by atoms with E-state index in [1.807, 2.05) is 6.07 Å². The Kier molecular flexibility index (Phi) is 5.30. The Balaban J connectivity index is 1.90. The lowest BCUT2D eigenvalue weighted by Gasteiger charge is -2.27. The Morgan fingerprint density at radius 3 is 2.40 bits per heavy atom. The van der Waals surface area contributed by atoms with Gasteiger partial charge in [0.05, 0.1) is 14.2 Å². The second-order valence-corrected chi connectivity index (χ2v) is 5.85. The van der Waals surface area contributed by atoms with Crippen LogP contribution in [0, 0.1) is 5.41 Å². The molecule has 0 aromatic heterocycles. The molecule has 1 saturated carbocycles. The first-order valence-corrected chi connectivity index (χ1v) is 7.64. The summed E-state index contributed by atoms with van der Waals surface area (Å²) in [5.74, 6) is 1.59. The second-order valence-electron chi connectivity index (χ2n) is 5.85. The van der Waals surface area contributed by atoms with Gasteiger partial charge in [-0.2, -0.15) is 0 Å². The lowest BCUT2D eigenvalue weighted by molar-refractivity contribution is 0.268. The quantitative estimate of drug-likeness (QED) is 0.823. The molecule has 112 valence electrons. The zero-order chi connectivity index (χ0) is 14.4. The van der Waals surface area contributed by atoms with Gasteiger partial charge in [-0.15, -0.1) is 0 Å². The minimum atomic E-state index is 0.538. The molecular weight excluding hydrogens is 250 g/mol. The van der Waals surface area contributed by atoms with Crippen LogP contribution in [0.15, 0.2) is 18.2 Å². The van der Waals surface area contributed by atoms with Gasteiger partial charge >= 0.3 is 0 Å². The van der Waals surface area contributed by atoms with Gasteiger partial charge in [0.2, 0.25) is 0 Å². The summed E-state index contributed by atoms with van der Waals surface area (Å²) in [6.07, 6.45) is 6.83. The fraction of sp³-hybridized carbons (Fsp3) is 0.647. The number of benzene rings is 1. The van der Waals surface area contributed by atoms with Crippen LogP contribution in [0.1, 0.15) is 44.6 Å². The highest BCUT2D eigenvalue weighted by atomic mass is 16.5. The molecule has 20 heavy (non-hydrogen) atoms. The molecule has 0 aliphatic heterocycles. The Hall–Kier alpha value is -1.22. The van der Waals surface area contributed by atoms with Gasteiger partial charge in [-0.1, -0.05) is 25.8 Å². The van der Waals surface area contributed by atoms with Crippen LogP contribution < -0.4 is 14.8 Å². The molecule has 0 unspecified atom stereocenters. The van der Waals surface area contributed by atoms with E-state index in [0.717, 1.165) is 24.6 Å². The van der Waals surface area contributed by atoms with Crippen molar-refractivity contribution in [2.45, 2.75) is 45.6 Å². The third-order valence-electron chi connectivity index (χ3n) is 4.69. The Labute approximate surface area is 122 Å². The first kappa shape index (κ1) is 15.2. The molecule has 1 aromatic rings. The normalized spacial score (nSPS) is 17.1. The van der Waals surface area contributed by atoms with Crippen molar-refractivity contribution in [3.05, 3.63) is 23.8 Å². The number of methoxy groups -OCH3 is 2. The third-order valence-corrected chi connectivity index (χ3v) is 4.69. The number of hydrogen-bond acceptors (Lipinski definition) is 3. The molecule has 0 bridgehead atoms. The minimum Gasteiger partial charge on any atom is -0.493 e. The smallest absolute Gasteiger partial charge is 0.161 e. The summed E-state index contributed by atoms with van der Waals surface area (Å²) in [6.45, 7) is 4.34. The van der Waals surface area contributed by atoms with Crippen molar-refractivity contribution in [2.24, 2.45) is 5.41 Å². The van der Waals surface area contributed by atoms with Crippen molar-refractivity contribution < 1.29 is 9.47 Å². The molecule has 0 spiro atoms. The summed E-state index contributed by atoms with van der Waals surface area (Å²) in [6, 6.07) is 6.13. The maximum Gasteiger partial charge on any atom is 0.161 e. The fourth-order valence-corrected chi connectivity index (χ4v) is 3.24. The largest absolute Gasteiger partial charge is 0.493 e. The van der Waals surface area contributed by atoms with Crippen molar-refractivity contribution in [3.8, 4) is 11.5 Å². The van der Waals surface area contributed by atoms with Gasteiger partial charge < -0.3 is 14.8 Å². The molecule has 0 amide bonds. The van der Waals surface area contributed by atoms with Crippen LogP contribution in [0.3, 0.4) is 0 Å². The molecule has 1 aliphatic carbocycles. The topological polar surface area (TPSA) is 30.5 Å². The molecule has 3 nitrogen and oxygen atoms in total. The van der Waals surface area contributed by atoms with Crippen molar-refractivity contribution in [1.82, 2.24) is 5.32 Å². The molecule has 1 fully saturated rings. The number of ether oxygens (including phenoxy) is 2. The van der Waals surface area contributed by atoms with Gasteiger partial charge in [-0.05, 0) is 42.4 Å². The molecule has 0 saturated heterocycles. The van der Waals surface area contributed by atoms with Crippen LogP contribution in [-0.4, -0.2) is 20.8 Å². The molecule has 0 heterocycles. The average Bonchev–Trinajstić information content (AvgIpc) is 2.96. The van der Waals surface area contributed by atoms with E-state index in [2.05, 4.69) is 24.4 Å². The van der Waals surface area contributed by atoms with E-state index in [1.165, 1.54) is 37.7 Å². The van der Waals surface area contributed by atoms with E-state index >= 15 is 0 Å². The van der Waals surface area contributed by atoms with E-state index in [1.54, 1.807) is 14.2 Å². The maximum atomic E-state index is 5.34. The highest BCUT2D eigenvalue weighted by Crippen LogP contribution is 2.40. The van der Waals surface area contributed by atoms with Crippen molar-refractivity contribution in [3.63, 3.8) is 0 Å². The van der Waals surface area contributed by atoms with Crippen LogP contribution >= 0.6 is 0 Å². The summed E-state index contributed by atoms with van der Waals surface area (Å²) in [4.78, 5) is 0. The lowest BCUT2D eigenvalue weighted by atomic mass is 9.83. The van der Waals surface area contributed by atoms with Crippen molar-refractivity contribution in [2.75, 3.05) is 20.8 Å². The van der Waals surface area contributed by atoms with Gasteiger partial charge in [0, 0.05) is 13.1 Å². The van der Waals surface area contributed by atoms with E-state index in [-0.39, 0.29) is 0 Å². The van der Waals surface area contributed by atoms with Crippen LogP contribution in [0.25, 0.3) is 0 Å². The van der Waals surface area contributed by atoms with Gasteiger partial charge in [-0.25, -0.2) is 0 Å². The molecule has 1 aromatic carbocycles. The average molecular weight is 277 g/mol. The summed E-state index contributed by atoms with van der Waals surface area (Å²) < 4.78 is 10.6. The van der Waals surface area contributed by atoms with Crippen LogP contribution in [0.2, 0.25) is 0 Å². The van der Waals surface area contributed by atoms with E-state index in [0.29, 0.717) is 5.41 Å². The number of hydrogen-bond donors (Lipinski definition) is 1. The summed E-state index contributed by atoms with van der Waals surface area (Å²) in [5, 5.41) is 3.63. The van der Waals surface area contributed by atoms with E-state index in [9.17, 15) is 0 Å². The molecule has 0 radical (unpaired) electrons. The second kappa shape index (κ2) is 6.98. The zero-order valence-electron chi connectivity index (χ0n) is 13.0. The maximum absolute atomic E-state index is 5.34. The highest BCUT2D eigenvalue weighted by molar-refractivity contribution is 5.42. The summed E-state index contributed by atoms with van der Waals surface area (Å²) in [7, 11) is 3.35. The molecule has 0 atom stereocenters. The van der Waals surface area contributed by atoms with Crippen molar-refractivity contribution in [1.29, 1.82) is 0 Å². The molecule has 1 aliphatic rings. The van der Waals surface area contributed by atoms with Crippen LogP contribution in [0.5, 0.6) is 11.5 Å². The predicted molar refractivity (Wildman–Crippen MR) is 82.4 cm³/mol. The third kappa shape index (κ3) is 3.45. The molecular formula is C17H27NO2. The van der Waals surface area contributed by atoms with Gasteiger partial charge in [0.1, 0.15) is 0 Å².